The average molecular weight is 386 g/mol. The van der Waals surface area contributed by atoms with Gasteiger partial charge in [-0.1, -0.05) is 0 Å². The first kappa shape index (κ1) is 18.8. The van der Waals surface area contributed by atoms with Gasteiger partial charge in [-0.05, 0) is 48.9 Å². The molecule has 3 aromatic rings. The summed E-state index contributed by atoms with van der Waals surface area (Å²) in [7, 11) is 0. The molecule has 0 bridgehead atoms. The van der Waals surface area contributed by atoms with Gasteiger partial charge in [-0.2, -0.15) is 0 Å². The first-order valence-electron chi connectivity index (χ1n) is 8.37. The molecule has 0 saturated carbocycles. The van der Waals surface area contributed by atoms with E-state index in [0.717, 1.165) is 11.4 Å². The number of carbonyl (C=O) groups excluding carboxylic acids is 1. The third-order valence-electron chi connectivity index (χ3n) is 3.55. The van der Waals surface area contributed by atoms with Gasteiger partial charge in [-0.3, -0.25) is 4.79 Å². The summed E-state index contributed by atoms with van der Waals surface area (Å²) in [6.45, 7) is 2.66. The molecule has 2 aromatic heterocycles. The number of amides is 1. The number of hydrogen-bond acceptors (Lipinski definition) is 6. The molecule has 140 valence electrons. The van der Waals surface area contributed by atoms with Crippen LogP contribution in [0.15, 0.2) is 48.0 Å². The van der Waals surface area contributed by atoms with Crippen LogP contribution in [-0.2, 0) is 11.2 Å². The zero-order valence-corrected chi connectivity index (χ0v) is 15.6. The van der Waals surface area contributed by atoms with Crippen molar-refractivity contribution in [2.45, 2.75) is 13.3 Å². The van der Waals surface area contributed by atoms with Gasteiger partial charge < -0.3 is 15.4 Å². The largest absolute Gasteiger partial charge is 0.492 e. The van der Waals surface area contributed by atoms with Gasteiger partial charge in [0.1, 0.15) is 24.0 Å². The second kappa shape index (κ2) is 9.09. The van der Waals surface area contributed by atoms with Crippen molar-refractivity contribution in [2.24, 2.45) is 0 Å². The summed E-state index contributed by atoms with van der Waals surface area (Å²) in [5, 5.41) is 8.43. The number of nitrogens with one attached hydrogen (secondary N) is 2. The van der Waals surface area contributed by atoms with E-state index in [4.69, 9.17) is 4.74 Å². The third-order valence-corrected chi connectivity index (χ3v) is 4.36. The molecule has 6 nitrogen and oxygen atoms in total. The molecule has 0 atom stereocenters. The van der Waals surface area contributed by atoms with Crippen LogP contribution in [0.25, 0.3) is 0 Å². The van der Waals surface area contributed by atoms with Gasteiger partial charge in [0.15, 0.2) is 5.13 Å². The minimum atomic E-state index is -0.314. The molecule has 0 aliphatic heterocycles. The summed E-state index contributed by atoms with van der Waals surface area (Å²) in [6, 6.07) is 9.59. The molecule has 0 fully saturated rings. The van der Waals surface area contributed by atoms with Crippen molar-refractivity contribution in [3.8, 4) is 5.75 Å². The van der Waals surface area contributed by atoms with Crippen LogP contribution in [0.1, 0.15) is 11.3 Å². The second-order valence-electron chi connectivity index (χ2n) is 5.82. The van der Waals surface area contributed by atoms with Crippen LogP contribution in [-0.4, -0.2) is 29.0 Å². The Kier molecular flexibility index (Phi) is 6.32. The number of rotatable bonds is 8. The number of nitrogens with zero attached hydrogens (tertiary/aromatic N) is 2. The van der Waals surface area contributed by atoms with E-state index >= 15 is 0 Å². The number of benzene rings is 1. The number of halogens is 1. The minimum absolute atomic E-state index is 0.136. The number of carbonyl (C=O) groups is 1. The molecule has 1 amide bonds. The molecule has 0 spiro atoms. The smallest absolute Gasteiger partial charge is 0.226 e. The predicted molar refractivity (Wildman–Crippen MR) is 103 cm³/mol. The predicted octanol–water partition coefficient (Wildman–Crippen LogP) is 3.47. The lowest BCUT2D eigenvalue weighted by atomic mass is 10.3. The van der Waals surface area contributed by atoms with Crippen molar-refractivity contribution in [1.29, 1.82) is 0 Å². The Morgan fingerprint density at radius 3 is 2.85 bits per heavy atom. The van der Waals surface area contributed by atoms with Gasteiger partial charge in [-0.15, -0.1) is 11.3 Å². The standard InChI is InChI=1S/C19H19FN4O2S/c1-13-6-7-21-17(10-13)24-19-23-15(12-27-19)11-18(25)22-8-9-26-16-4-2-14(20)3-5-16/h2-7,10,12H,8-9,11H2,1H3,(H,22,25)(H,21,23,24). The highest BCUT2D eigenvalue weighted by Crippen LogP contribution is 2.20. The molecule has 1 aromatic carbocycles. The average Bonchev–Trinajstić information content (AvgIpc) is 3.07. The van der Waals surface area contributed by atoms with E-state index in [-0.39, 0.29) is 18.1 Å². The lowest BCUT2D eigenvalue weighted by Crippen LogP contribution is -2.29. The Morgan fingerprint density at radius 2 is 2.07 bits per heavy atom. The Morgan fingerprint density at radius 1 is 1.26 bits per heavy atom. The summed E-state index contributed by atoms with van der Waals surface area (Å²) in [4.78, 5) is 20.6. The van der Waals surface area contributed by atoms with Crippen LogP contribution >= 0.6 is 11.3 Å². The zero-order chi connectivity index (χ0) is 19.1. The molecule has 0 saturated heterocycles. The van der Waals surface area contributed by atoms with Crippen LogP contribution < -0.4 is 15.4 Å². The molecule has 2 N–H and O–H groups in total. The highest BCUT2D eigenvalue weighted by Gasteiger charge is 2.08. The Bertz CT molecular complexity index is 899. The molecule has 0 aliphatic rings. The Labute approximate surface area is 160 Å². The van der Waals surface area contributed by atoms with E-state index in [1.807, 2.05) is 24.4 Å². The fraction of sp³-hybridized carbons (Fsp3) is 0.211. The molecule has 27 heavy (non-hydrogen) atoms. The maximum atomic E-state index is 12.8. The normalized spacial score (nSPS) is 10.4. The highest BCUT2D eigenvalue weighted by molar-refractivity contribution is 7.13. The van der Waals surface area contributed by atoms with E-state index in [1.54, 1.807) is 18.3 Å². The van der Waals surface area contributed by atoms with Gasteiger partial charge in [-0.25, -0.2) is 14.4 Å². The van der Waals surface area contributed by atoms with Crippen molar-refractivity contribution >= 4 is 28.2 Å². The minimum Gasteiger partial charge on any atom is -0.492 e. The van der Waals surface area contributed by atoms with Gasteiger partial charge in [0, 0.05) is 11.6 Å². The molecule has 0 unspecified atom stereocenters. The van der Waals surface area contributed by atoms with Crippen molar-refractivity contribution in [3.63, 3.8) is 0 Å². The van der Waals surface area contributed by atoms with Gasteiger partial charge in [0.05, 0.1) is 18.7 Å². The van der Waals surface area contributed by atoms with E-state index < -0.39 is 0 Å². The van der Waals surface area contributed by atoms with E-state index in [2.05, 4.69) is 20.6 Å². The van der Waals surface area contributed by atoms with Crippen molar-refractivity contribution < 1.29 is 13.9 Å². The maximum absolute atomic E-state index is 12.8. The van der Waals surface area contributed by atoms with Crippen LogP contribution in [0.5, 0.6) is 5.75 Å². The fourth-order valence-corrected chi connectivity index (χ4v) is 2.99. The first-order valence-corrected chi connectivity index (χ1v) is 9.25. The molecular formula is C19H19FN4O2S. The number of ether oxygens (including phenoxy) is 1. The summed E-state index contributed by atoms with van der Waals surface area (Å²) >= 11 is 1.42. The number of hydrogen-bond donors (Lipinski definition) is 2. The maximum Gasteiger partial charge on any atom is 0.226 e. The van der Waals surface area contributed by atoms with Crippen molar-refractivity contribution in [3.05, 3.63) is 65.0 Å². The lowest BCUT2D eigenvalue weighted by molar-refractivity contribution is -0.120. The lowest BCUT2D eigenvalue weighted by Gasteiger charge is -2.07. The zero-order valence-electron chi connectivity index (χ0n) is 14.7. The Hall–Kier alpha value is -3.00. The molecule has 8 heteroatoms. The number of aromatic nitrogens is 2. The van der Waals surface area contributed by atoms with Gasteiger partial charge in [0.25, 0.3) is 0 Å². The van der Waals surface area contributed by atoms with Gasteiger partial charge >= 0.3 is 0 Å². The molecule has 0 radical (unpaired) electrons. The summed E-state index contributed by atoms with van der Waals surface area (Å²) < 4.78 is 18.2. The number of pyridine rings is 1. The van der Waals surface area contributed by atoms with Crippen molar-refractivity contribution in [1.82, 2.24) is 15.3 Å². The van der Waals surface area contributed by atoms with Gasteiger partial charge in [0.2, 0.25) is 5.91 Å². The second-order valence-corrected chi connectivity index (χ2v) is 6.67. The van der Waals surface area contributed by atoms with Crippen LogP contribution in [0, 0.1) is 12.7 Å². The van der Waals surface area contributed by atoms with E-state index in [0.29, 0.717) is 29.7 Å². The van der Waals surface area contributed by atoms with E-state index in [9.17, 15) is 9.18 Å². The summed E-state index contributed by atoms with van der Waals surface area (Å²) in [6.07, 6.45) is 1.92. The van der Waals surface area contributed by atoms with Crippen LogP contribution in [0.2, 0.25) is 0 Å². The number of aryl methyl sites for hydroxylation is 1. The molecule has 0 aliphatic carbocycles. The quantitative estimate of drug-likeness (QED) is 0.580. The SMILES string of the molecule is Cc1ccnc(Nc2nc(CC(=O)NCCOc3ccc(F)cc3)cs2)c1. The number of anilines is 2. The van der Waals surface area contributed by atoms with Crippen LogP contribution in [0.3, 0.4) is 0 Å². The fourth-order valence-electron chi connectivity index (χ4n) is 2.28. The first-order chi connectivity index (χ1) is 13.1. The monoisotopic (exact) mass is 386 g/mol. The Balaban J connectivity index is 1.40. The summed E-state index contributed by atoms with van der Waals surface area (Å²) in [5.41, 5.74) is 1.79. The van der Waals surface area contributed by atoms with Crippen LogP contribution in [0.4, 0.5) is 15.3 Å². The third kappa shape index (κ3) is 6.03. The molecule has 2 heterocycles. The molecular weight excluding hydrogens is 367 g/mol. The summed E-state index contributed by atoms with van der Waals surface area (Å²) in [5.74, 6) is 0.832. The van der Waals surface area contributed by atoms with Crippen molar-refractivity contribution in [2.75, 3.05) is 18.5 Å². The number of thiazole rings is 1. The molecule has 3 rings (SSSR count). The highest BCUT2D eigenvalue weighted by atomic mass is 32.1. The van der Waals surface area contributed by atoms with E-state index in [1.165, 1.54) is 23.5 Å². The topological polar surface area (TPSA) is 76.1 Å².